The quantitative estimate of drug-likeness (QED) is 0.449. The van der Waals surface area contributed by atoms with Crippen LogP contribution in [0.5, 0.6) is 0 Å². The summed E-state index contributed by atoms with van der Waals surface area (Å²) in [7, 11) is 0. The number of carbonyl (C=O) groups excluding carboxylic acids is 1. The molecule has 7 heavy (non-hydrogen) atoms. The molecule has 0 bridgehead atoms. The van der Waals surface area contributed by atoms with Crippen molar-refractivity contribution >= 4 is 23.3 Å². The third-order valence-electron chi connectivity index (χ3n) is 0.278. The van der Waals surface area contributed by atoms with Gasteiger partial charge >= 0.3 is 5.17 Å². The molecule has 0 spiro atoms. The Balaban J connectivity index is 3.32. The number of nitrogens with one attached hydrogen (secondary N) is 1. The molecule has 0 heterocycles. The van der Waals surface area contributed by atoms with Crippen LogP contribution in [-0.2, 0) is 9.90 Å². The lowest BCUT2D eigenvalue weighted by atomic mass is 10.7. The smallest absolute Gasteiger partial charge is 0.283 e. The summed E-state index contributed by atoms with van der Waals surface area (Å²) in [6.07, 6.45) is 0. The van der Waals surface area contributed by atoms with Crippen LogP contribution in [0.4, 0.5) is 0 Å². The van der Waals surface area contributed by atoms with Crippen LogP contribution in [0, 0.1) is 0 Å². The van der Waals surface area contributed by atoms with Crippen molar-refractivity contribution in [2.45, 2.75) is 6.92 Å². The minimum Gasteiger partial charge on any atom is -0.283 e. The SMILES string of the molecule is CC(=O)NC([O])=S. The van der Waals surface area contributed by atoms with Crippen LogP contribution in [0.25, 0.3) is 0 Å². The van der Waals surface area contributed by atoms with Crippen molar-refractivity contribution in [1.82, 2.24) is 5.32 Å². The van der Waals surface area contributed by atoms with Gasteiger partial charge in [0.1, 0.15) is 0 Å². The van der Waals surface area contributed by atoms with Gasteiger partial charge in [-0.2, -0.15) is 0 Å². The van der Waals surface area contributed by atoms with Crippen LogP contribution >= 0.6 is 12.2 Å². The molecular formula is C3H4NO2S. The van der Waals surface area contributed by atoms with Crippen molar-refractivity contribution in [3.8, 4) is 0 Å². The Morgan fingerprint density at radius 3 is 2.14 bits per heavy atom. The molecular weight excluding hydrogens is 114 g/mol. The fraction of sp³-hybridized carbons (Fsp3) is 0.333. The monoisotopic (exact) mass is 118 g/mol. The first-order valence-corrected chi connectivity index (χ1v) is 2.02. The third kappa shape index (κ3) is 5.36. The van der Waals surface area contributed by atoms with Gasteiger partial charge in [0, 0.05) is 6.92 Å². The molecule has 0 aliphatic heterocycles. The number of amides is 1. The van der Waals surface area contributed by atoms with E-state index in [9.17, 15) is 9.90 Å². The van der Waals surface area contributed by atoms with Gasteiger partial charge in [0.25, 0.3) is 0 Å². The van der Waals surface area contributed by atoms with Gasteiger partial charge in [-0.3, -0.25) is 15.2 Å². The number of rotatable bonds is 0. The average Bonchev–Trinajstić information content (AvgIpc) is 1.27. The van der Waals surface area contributed by atoms with Crippen molar-refractivity contribution in [3.63, 3.8) is 0 Å². The van der Waals surface area contributed by atoms with Gasteiger partial charge in [-0.1, -0.05) is 0 Å². The molecule has 1 amide bonds. The molecule has 0 aliphatic rings. The Morgan fingerprint density at radius 2 is 2.14 bits per heavy atom. The third-order valence-corrected chi connectivity index (χ3v) is 0.380. The van der Waals surface area contributed by atoms with Gasteiger partial charge in [-0.15, -0.1) is 0 Å². The van der Waals surface area contributed by atoms with Crippen molar-refractivity contribution in [2.75, 3.05) is 0 Å². The van der Waals surface area contributed by atoms with E-state index < -0.39 is 11.1 Å². The summed E-state index contributed by atoms with van der Waals surface area (Å²) in [4.78, 5) is 9.86. The largest absolute Gasteiger partial charge is 0.317 e. The summed E-state index contributed by atoms with van der Waals surface area (Å²) in [5.74, 6) is -0.417. The Hall–Kier alpha value is -0.640. The highest BCUT2D eigenvalue weighted by molar-refractivity contribution is 7.79. The Morgan fingerprint density at radius 1 is 1.71 bits per heavy atom. The Labute approximate surface area is 46.3 Å². The van der Waals surface area contributed by atoms with E-state index in [0.717, 1.165) is 0 Å². The first-order valence-electron chi connectivity index (χ1n) is 1.61. The lowest BCUT2D eigenvalue weighted by Gasteiger charge is -1.86. The number of carbonyl (C=O) groups is 1. The molecule has 0 fully saturated rings. The van der Waals surface area contributed by atoms with E-state index in [4.69, 9.17) is 0 Å². The van der Waals surface area contributed by atoms with Gasteiger partial charge in [-0.05, 0) is 12.2 Å². The molecule has 39 valence electrons. The zero-order chi connectivity index (χ0) is 5.86. The molecule has 0 aliphatic carbocycles. The van der Waals surface area contributed by atoms with Gasteiger partial charge < -0.3 is 0 Å². The fourth-order valence-corrected chi connectivity index (χ4v) is 0.287. The second-order valence-corrected chi connectivity index (χ2v) is 1.34. The summed E-state index contributed by atoms with van der Waals surface area (Å²) < 4.78 is 0. The lowest BCUT2D eigenvalue weighted by molar-refractivity contribution is -0.117. The fourth-order valence-electron chi connectivity index (χ4n) is 0.144. The van der Waals surface area contributed by atoms with Crippen LogP contribution in [0.3, 0.4) is 0 Å². The first kappa shape index (κ1) is 6.36. The predicted molar refractivity (Wildman–Crippen MR) is 27.1 cm³/mol. The van der Waals surface area contributed by atoms with Gasteiger partial charge in [0.15, 0.2) is 0 Å². The van der Waals surface area contributed by atoms with Crippen LogP contribution < -0.4 is 5.32 Å². The highest BCUT2D eigenvalue weighted by atomic mass is 32.1. The van der Waals surface area contributed by atoms with Crippen LogP contribution in [0.15, 0.2) is 0 Å². The van der Waals surface area contributed by atoms with Crippen molar-refractivity contribution < 1.29 is 9.90 Å². The normalized spacial score (nSPS) is 7.57. The Bertz CT molecular complexity index is 89.1. The van der Waals surface area contributed by atoms with Gasteiger partial charge in [0.2, 0.25) is 5.91 Å². The maximum absolute atomic E-state index is 9.86. The highest BCUT2D eigenvalue weighted by Crippen LogP contribution is 1.62. The molecule has 0 saturated heterocycles. The topological polar surface area (TPSA) is 49.0 Å². The van der Waals surface area contributed by atoms with Crippen LogP contribution in [0.1, 0.15) is 6.92 Å². The van der Waals surface area contributed by atoms with Crippen molar-refractivity contribution in [3.05, 3.63) is 0 Å². The summed E-state index contributed by atoms with van der Waals surface area (Å²) in [6.45, 7) is 1.23. The highest BCUT2D eigenvalue weighted by Gasteiger charge is 1.92. The number of hydrogen-bond acceptors (Lipinski definition) is 2. The summed E-state index contributed by atoms with van der Waals surface area (Å²) in [5.41, 5.74) is 0. The summed E-state index contributed by atoms with van der Waals surface area (Å²) >= 11 is 3.98. The molecule has 0 aromatic carbocycles. The molecule has 4 heteroatoms. The van der Waals surface area contributed by atoms with E-state index in [-0.39, 0.29) is 0 Å². The molecule has 0 aromatic heterocycles. The van der Waals surface area contributed by atoms with Crippen molar-refractivity contribution in [1.29, 1.82) is 0 Å². The van der Waals surface area contributed by atoms with Gasteiger partial charge in [-0.25, -0.2) is 0 Å². The molecule has 0 saturated carbocycles. The maximum atomic E-state index is 9.86. The second-order valence-electron chi connectivity index (χ2n) is 0.969. The summed E-state index contributed by atoms with van der Waals surface area (Å²) in [5, 5.41) is 10.9. The molecule has 0 aromatic rings. The number of hydrogen-bond donors (Lipinski definition) is 1. The minimum absolute atomic E-state index is 0.417. The summed E-state index contributed by atoms with van der Waals surface area (Å²) in [6, 6.07) is 0. The van der Waals surface area contributed by atoms with E-state index in [2.05, 4.69) is 12.2 Å². The van der Waals surface area contributed by atoms with Gasteiger partial charge in [0.05, 0.1) is 0 Å². The van der Waals surface area contributed by atoms with Crippen LogP contribution in [-0.4, -0.2) is 11.1 Å². The minimum atomic E-state index is -0.729. The standard InChI is InChI=1S/C3H4NO2S/c1-2(5)4-3(6)7/h1H3,(H,4,5,7). The molecule has 0 atom stereocenters. The lowest BCUT2D eigenvalue weighted by Crippen LogP contribution is -2.24. The Kier molecular flexibility index (Phi) is 2.29. The molecule has 3 nitrogen and oxygen atoms in total. The van der Waals surface area contributed by atoms with E-state index in [1.165, 1.54) is 6.92 Å². The molecule has 1 N–H and O–H groups in total. The zero-order valence-electron chi connectivity index (χ0n) is 3.72. The first-order chi connectivity index (χ1) is 3.13. The van der Waals surface area contributed by atoms with E-state index in [1.54, 1.807) is 0 Å². The van der Waals surface area contributed by atoms with E-state index in [0.29, 0.717) is 0 Å². The zero-order valence-corrected chi connectivity index (χ0v) is 4.54. The number of thiocarbonyl (C=S) groups is 1. The average molecular weight is 118 g/mol. The molecule has 0 rings (SSSR count). The molecule has 0 unspecified atom stereocenters. The second kappa shape index (κ2) is 2.52. The van der Waals surface area contributed by atoms with E-state index >= 15 is 0 Å². The maximum Gasteiger partial charge on any atom is 0.317 e. The predicted octanol–water partition coefficient (Wildman–Crippen LogP) is -0.162. The van der Waals surface area contributed by atoms with Crippen LogP contribution in [0.2, 0.25) is 0 Å². The molecule has 1 radical (unpaired) electrons. The van der Waals surface area contributed by atoms with E-state index in [1.807, 2.05) is 5.32 Å². The van der Waals surface area contributed by atoms with Crippen molar-refractivity contribution in [2.24, 2.45) is 0 Å².